The molecule has 1 aromatic rings. The first-order valence-corrected chi connectivity index (χ1v) is 6.30. The van der Waals surface area contributed by atoms with Gasteiger partial charge in [0, 0.05) is 5.69 Å². The zero-order valence-corrected chi connectivity index (χ0v) is 11.9. The zero-order valence-electron chi connectivity index (χ0n) is 10.4. The molecule has 0 unspecified atom stereocenters. The lowest BCUT2D eigenvalue weighted by molar-refractivity contribution is -0.309. The summed E-state index contributed by atoms with van der Waals surface area (Å²) < 4.78 is 0. The molecule has 0 saturated carbocycles. The number of hydrogen-bond donors (Lipinski definition) is 2. The Morgan fingerprint density at radius 1 is 1.21 bits per heavy atom. The van der Waals surface area contributed by atoms with Gasteiger partial charge in [0.2, 0.25) is 0 Å². The van der Waals surface area contributed by atoms with Crippen molar-refractivity contribution >= 4 is 40.9 Å². The molecule has 1 aromatic carbocycles. The molecule has 5 nitrogen and oxygen atoms in total. The Bertz CT molecular complexity index is 492. The number of carbonyl (C=O) groups excluding carboxylic acids is 2. The average Bonchev–Trinajstić information content (AvgIpc) is 2.30. The molecule has 0 heterocycles. The zero-order chi connectivity index (χ0) is 14.6. The molecule has 0 aliphatic carbocycles. The second kappa shape index (κ2) is 6.63. The second-order valence-corrected chi connectivity index (χ2v) is 5.08. The van der Waals surface area contributed by atoms with Crippen LogP contribution in [-0.2, 0) is 4.79 Å². The highest BCUT2D eigenvalue weighted by Gasteiger charge is 2.17. The molecule has 0 aliphatic rings. The maximum atomic E-state index is 11.6. The van der Waals surface area contributed by atoms with Crippen LogP contribution < -0.4 is 15.7 Å². The SMILES string of the molecule is CC(C)[C@H](NC(=O)Nc1ccc(Cl)c(Cl)c1)C(=O)[O-]. The molecule has 0 aromatic heterocycles. The lowest BCUT2D eigenvalue weighted by Crippen LogP contribution is -2.51. The summed E-state index contributed by atoms with van der Waals surface area (Å²) in [5.41, 5.74) is 0.410. The summed E-state index contributed by atoms with van der Waals surface area (Å²) in [5, 5.41) is 16.3. The fraction of sp³-hybridized carbons (Fsp3) is 0.333. The van der Waals surface area contributed by atoms with Gasteiger partial charge < -0.3 is 20.5 Å². The number of benzene rings is 1. The third-order valence-electron chi connectivity index (χ3n) is 2.38. The number of amides is 2. The van der Waals surface area contributed by atoms with Crippen LogP contribution in [0.3, 0.4) is 0 Å². The van der Waals surface area contributed by atoms with Gasteiger partial charge in [-0.2, -0.15) is 0 Å². The van der Waals surface area contributed by atoms with Gasteiger partial charge in [-0.15, -0.1) is 0 Å². The molecule has 0 aliphatic heterocycles. The number of carboxylic acid groups (broad SMARTS) is 1. The van der Waals surface area contributed by atoms with Crippen molar-refractivity contribution < 1.29 is 14.7 Å². The highest BCUT2D eigenvalue weighted by atomic mass is 35.5. The van der Waals surface area contributed by atoms with Gasteiger partial charge >= 0.3 is 6.03 Å². The van der Waals surface area contributed by atoms with E-state index in [0.717, 1.165) is 0 Å². The molecular formula is C12H13Cl2N2O3-. The number of hydrogen-bond acceptors (Lipinski definition) is 3. The van der Waals surface area contributed by atoms with Gasteiger partial charge in [0.25, 0.3) is 0 Å². The van der Waals surface area contributed by atoms with Gasteiger partial charge in [-0.3, -0.25) is 0 Å². The van der Waals surface area contributed by atoms with E-state index >= 15 is 0 Å². The first-order chi connectivity index (χ1) is 8.81. The number of carbonyl (C=O) groups is 2. The molecule has 104 valence electrons. The van der Waals surface area contributed by atoms with Crippen molar-refractivity contribution in [2.45, 2.75) is 19.9 Å². The van der Waals surface area contributed by atoms with E-state index in [1.54, 1.807) is 19.9 Å². The molecule has 0 radical (unpaired) electrons. The Balaban J connectivity index is 2.69. The van der Waals surface area contributed by atoms with E-state index in [0.29, 0.717) is 15.7 Å². The quantitative estimate of drug-likeness (QED) is 0.891. The van der Waals surface area contributed by atoms with Gasteiger partial charge in [-0.05, 0) is 24.1 Å². The predicted molar refractivity (Wildman–Crippen MR) is 72.2 cm³/mol. The van der Waals surface area contributed by atoms with Crippen molar-refractivity contribution in [3.05, 3.63) is 28.2 Å². The first kappa shape index (κ1) is 15.6. The van der Waals surface area contributed by atoms with Crippen LogP contribution in [0, 0.1) is 5.92 Å². The minimum absolute atomic E-state index is 0.287. The lowest BCUT2D eigenvalue weighted by Gasteiger charge is -2.23. The molecule has 1 rings (SSSR count). The minimum atomic E-state index is -1.33. The molecule has 2 amide bonds. The van der Waals surface area contributed by atoms with E-state index in [4.69, 9.17) is 23.2 Å². The summed E-state index contributed by atoms with van der Waals surface area (Å²) in [7, 11) is 0. The second-order valence-electron chi connectivity index (χ2n) is 4.27. The highest BCUT2D eigenvalue weighted by molar-refractivity contribution is 6.42. The Morgan fingerprint density at radius 3 is 2.32 bits per heavy atom. The number of nitrogens with one attached hydrogen (secondary N) is 2. The molecule has 1 atom stereocenters. The van der Waals surface area contributed by atoms with E-state index in [1.807, 2.05) is 0 Å². The fourth-order valence-electron chi connectivity index (χ4n) is 1.38. The van der Waals surface area contributed by atoms with Crippen molar-refractivity contribution in [3.8, 4) is 0 Å². The summed E-state index contributed by atoms with van der Waals surface area (Å²) in [4.78, 5) is 22.5. The lowest BCUT2D eigenvalue weighted by atomic mass is 10.1. The van der Waals surface area contributed by atoms with Crippen LogP contribution in [0.15, 0.2) is 18.2 Å². The van der Waals surface area contributed by atoms with Gasteiger partial charge in [0.15, 0.2) is 0 Å². The number of carboxylic acids is 1. The standard InChI is InChI=1S/C12H14Cl2N2O3/c1-6(2)10(11(17)18)16-12(19)15-7-3-4-8(13)9(14)5-7/h3-6,10H,1-2H3,(H,17,18)(H2,15,16,19)/p-1/t10-/m0/s1. The molecule has 0 saturated heterocycles. The van der Waals surface area contributed by atoms with Crippen molar-refractivity contribution in [1.29, 1.82) is 0 Å². The van der Waals surface area contributed by atoms with Gasteiger partial charge in [-0.25, -0.2) is 4.79 Å². The van der Waals surface area contributed by atoms with E-state index < -0.39 is 18.0 Å². The number of urea groups is 1. The van der Waals surface area contributed by atoms with Crippen LogP contribution in [0.2, 0.25) is 10.0 Å². The van der Waals surface area contributed by atoms with Crippen molar-refractivity contribution in [3.63, 3.8) is 0 Å². The number of aliphatic carboxylic acids is 1. The van der Waals surface area contributed by atoms with Gasteiger partial charge in [0.1, 0.15) is 0 Å². The molecule has 2 N–H and O–H groups in total. The maximum absolute atomic E-state index is 11.6. The summed E-state index contributed by atoms with van der Waals surface area (Å²) in [6, 6.07) is 2.83. The molecule has 19 heavy (non-hydrogen) atoms. The maximum Gasteiger partial charge on any atom is 0.319 e. The minimum Gasteiger partial charge on any atom is -0.548 e. The summed E-state index contributed by atoms with van der Waals surface area (Å²) in [6.45, 7) is 3.33. The van der Waals surface area contributed by atoms with E-state index in [-0.39, 0.29) is 5.92 Å². The average molecular weight is 304 g/mol. The molecule has 0 spiro atoms. The Hall–Kier alpha value is -1.46. The topological polar surface area (TPSA) is 81.3 Å². The summed E-state index contributed by atoms with van der Waals surface area (Å²) in [5.74, 6) is -1.62. The normalized spacial score (nSPS) is 12.1. The number of halogens is 2. The van der Waals surface area contributed by atoms with Crippen LogP contribution in [0.5, 0.6) is 0 Å². The fourth-order valence-corrected chi connectivity index (χ4v) is 1.68. The molecule has 0 fully saturated rings. The smallest absolute Gasteiger partial charge is 0.319 e. The highest BCUT2D eigenvalue weighted by Crippen LogP contribution is 2.24. The van der Waals surface area contributed by atoms with Crippen LogP contribution in [0.1, 0.15) is 13.8 Å². The largest absolute Gasteiger partial charge is 0.548 e. The summed E-state index contributed by atoms with van der Waals surface area (Å²) >= 11 is 11.5. The number of anilines is 1. The van der Waals surface area contributed by atoms with Gasteiger partial charge in [0.05, 0.1) is 22.1 Å². The van der Waals surface area contributed by atoms with Crippen LogP contribution in [0.25, 0.3) is 0 Å². The van der Waals surface area contributed by atoms with Crippen molar-refractivity contribution in [1.82, 2.24) is 5.32 Å². The van der Waals surface area contributed by atoms with E-state index in [2.05, 4.69) is 10.6 Å². The van der Waals surface area contributed by atoms with E-state index in [1.165, 1.54) is 12.1 Å². The predicted octanol–water partition coefficient (Wildman–Crippen LogP) is 1.89. The van der Waals surface area contributed by atoms with Crippen LogP contribution in [-0.4, -0.2) is 18.0 Å². The van der Waals surface area contributed by atoms with Crippen molar-refractivity contribution in [2.75, 3.05) is 5.32 Å². The number of rotatable bonds is 4. The van der Waals surface area contributed by atoms with E-state index in [9.17, 15) is 14.7 Å². The Labute approximate surface area is 120 Å². The monoisotopic (exact) mass is 303 g/mol. The first-order valence-electron chi connectivity index (χ1n) is 5.54. The Kier molecular flexibility index (Phi) is 5.44. The molecule has 7 heteroatoms. The molecule has 0 bridgehead atoms. The van der Waals surface area contributed by atoms with Crippen LogP contribution >= 0.6 is 23.2 Å². The Morgan fingerprint density at radius 2 is 1.84 bits per heavy atom. The molecular weight excluding hydrogens is 291 g/mol. The van der Waals surface area contributed by atoms with Crippen LogP contribution in [0.4, 0.5) is 10.5 Å². The van der Waals surface area contributed by atoms with Crippen molar-refractivity contribution in [2.24, 2.45) is 5.92 Å². The third kappa shape index (κ3) is 4.61. The van der Waals surface area contributed by atoms with Gasteiger partial charge in [-0.1, -0.05) is 37.0 Å². The third-order valence-corrected chi connectivity index (χ3v) is 3.12. The summed E-state index contributed by atoms with van der Waals surface area (Å²) in [6.07, 6.45) is 0.